The van der Waals surface area contributed by atoms with Crippen LogP contribution in [0.25, 0.3) is 0 Å². The quantitative estimate of drug-likeness (QED) is 0.577. The third kappa shape index (κ3) is 6.72. The van der Waals surface area contributed by atoms with E-state index in [0.717, 1.165) is 5.92 Å². The van der Waals surface area contributed by atoms with Crippen molar-refractivity contribution < 1.29 is 0 Å². The van der Waals surface area contributed by atoms with Gasteiger partial charge < -0.3 is 5.32 Å². The van der Waals surface area contributed by atoms with Gasteiger partial charge in [-0.05, 0) is 69.6 Å². The lowest BCUT2D eigenvalue weighted by Crippen LogP contribution is -2.46. The van der Waals surface area contributed by atoms with Crippen LogP contribution in [-0.4, -0.2) is 12.1 Å². The molecule has 0 aromatic heterocycles. The summed E-state index contributed by atoms with van der Waals surface area (Å²) in [6.45, 7) is 17.7. The summed E-state index contributed by atoms with van der Waals surface area (Å²) in [4.78, 5) is 0. The maximum atomic E-state index is 3.81. The van der Waals surface area contributed by atoms with Crippen molar-refractivity contribution in [2.24, 2.45) is 16.7 Å². The third-order valence-corrected chi connectivity index (χ3v) is 5.58. The van der Waals surface area contributed by atoms with Crippen molar-refractivity contribution in [3.05, 3.63) is 0 Å². The highest BCUT2D eigenvalue weighted by Crippen LogP contribution is 2.47. The van der Waals surface area contributed by atoms with E-state index in [4.69, 9.17) is 0 Å². The van der Waals surface area contributed by atoms with E-state index in [-0.39, 0.29) is 5.54 Å². The van der Waals surface area contributed by atoms with Gasteiger partial charge in [-0.2, -0.15) is 0 Å². The first-order chi connectivity index (χ1) is 9.58. The first kappa shape index (κ1) is 19.0. The Morgan fingerprint density at radius 3 is 1.95 bits per heavy atom. The van der Waals surface area contributed by atoms with Gasteiger partial charge in [0, 0.05) is 12.1 Å². The molecule has 0 heterocycles. The fourth-order valence-corrected chi connectivity index (χ4v) is 3.81. The Labute approximate surface area is 134 Å². The molecular formula is C20H41N. The Bertz CT molecular complexity index is 284. The van der Waals surface area contributed by atoms with Crippen LogP contribution in [0.2, 0.25) is 0 Å². The van der Waals surface area contributed by atoms with E-state index >= 15 is 0 Å². The topological polar surface area (TPSA) is 12.0 Å². The fourth-order valence-electron chi connectivity index (χ4n) is 3.81. The van der Waals surface area contributed by atoms with Crippen LogP contribution in [0, 0.1) is 16.7 Å². The number of unbranched alkanes of at least 4 members (excludes halogenated alkanes) is 2. The van der Waals surface area contributed by atoms with Gasteiger partial charge in [0.15, 0.2) is 0 Å². The smallest absolute Gasteiger partial charge is 0.00967 e. The second kappa shape index (κ2) is 7.49. The van der Waals surface area contributed by atoms with E-state index < -0.39 is 0 Å². The fraction of sp³-hybridized carbons (Fsp3) is 1.00. The molecule has 0 unspecified atom stereocenters. The van der Waals surface area contributed by atoms with Crippen LogP contribution in [0.15, 0.2) is 0 Å². The van der Waals surface area contributed by atoms with E-state index in [1.807, 2.05) is 0 Å². The predicted octanol–water partition coefficient (Wildman–Crippen LogP) is 6.18. The van der Waals surface area contributed by atoms with Crippen molar-refractivity contribution in [3.63, 3.8) is 0 Å². The first-order valence-corrected chi connectivity index (χ1v) is 9.33. The highest BCUT2D eigenvalue weighted by molar-refractivity contribution is 4.91. The van der Waals surface area contributed by atoms with Gasteiger partial charge in [-0.25, -0.2) is 0 Å². The summed E-state index contributed by atoms with van der Waals surface area (Å²) < 4.78 is 0. The Morgan fingerprint density at radius 2 is 1.52 bits per heavy atom. The van der Waals surface area contributed by atoms with Crippen LogP contribution in [0.4, 0.5) is 0 Å². The Morgan fingerprint density at radius 1 is 0.952 bits per heavy atom. The van der Waals surface area contributed by atoms with E-state index in [1.54, 1.807) is 0 Å². The molecule has 1 N–H and O–H groups in total. The number of nitrogens with one attached hydrogen (secondary N) is 1. The van der Waals surface area contributed by atoms with Gasteiger partial charge in [0.25, 0.3) is 0 Å². The van der Waals surface area contributed by atoms with Crippen molar-refractivity contribution in [2.75, 3.05) is 6.54 Å². The molecule has 0 saturated heterocycles. The van der Waals surface area contributed by atoms with Gasteiger partial charge in [-0.3, -0.25) is 0 Å². The van der Waals surface area contributed by atoms with Crippen LogP contribution < -0.4 is 5.32 Å². The Kier molecular flexibility index (Phi) is 6.78. The van der Waals surface area contributed by atoms with Crippen molar-refractivity contribution in [2.45, 2.75) is 105 Å². The SMILES string of the molecule is CCCCCC1(CNC(C)(C)C)CCC(C(C)(C)C)CC1. The van der Waals surface area contributed by atoms with Crippen molar-refractivity contribution in [3.8, 4) is 0 Å². The standard InChI is InChI=1S/C20H41N/c1-8-9-10-13-20(16-21-19(5,6)7)14-11-17(12-15-20)18(2,3)4/h17,21H,8-16H2,1-7H3. The minimum Gasteiger partial charge on any atom is -0.312 e. The summed E-state index contributed by atoms with van der Waals surface area (Å²) in [5.74, 6) is 0.923. The molecule has 1 rings (SSSR count). The van der Waals surface area contributed by atoms with Gasteiger partial charge >= 0.3 is 0 Å². The molecule has 126 valence electrons. The highest BCUT2D eigenvalue weighted by atomic mass is 15.0. The maximum Gasteiger partial charge on any atom is 0.00967 e. The average Bonchev–Trinajstić information content (AvgIpc) is 2.36. The lowest BCUT2D eigenvalue weighted by atomic mass is 9.62. The molecular weight excluding hydrogens is 254 g/mol. The van der Waals surface area contributed by atoms with E-state index in [9.17, 15) is 0 Å². The third-order valence-electron chi connectivity index (χ3n) is 5.58. The molecule has 0 aromatic carbocycles. The van der Waals surface area contributed by atoms with Crippen LogP contribution in [0.5, 0.6) is 0 Å². The molecule has 0 spiro atoms. The number of hydrogen-bond donors (Lipinski definition) is 1. The zero-order valence-electron chi connectivity index (χ0n) is 15.9. The van der Waals surface area contributed by atoms with Gasteiger partial charge in [-0.15, -0.1) is 0 Å². The summed E-state index contributed by atoms with van der Waals surface area (Å²) >= 11 is 0. The summed E-state index contributed by atoms with van der Waals surface area (Å²) in [6.07, 6.45) is 11.3. The molecule has 0 amide bonds. The maximum absolute atomic E-state index is 3.81. The van der Waals surface area contributed by atoms with Gasteiger partial charge in [0.1, 0.15) is 0 Å². The predicted molar refractivity (Wildman–Crippen MR) is 95.7 cm³/mol. The molecule has 0 aliphatic heterocycles. The van der Waals surface area contributed by atoms with E-state index in [2.05, 4.69) is 53.8 Å². The minimum atomic E-state index is 0.249. The molecule has 1 heteroatoms. The highest BCUT2D eigenvalue weighted by Gasteiger charge is 2.38. The zero-order valence-corrected chi connectivity index (χ0v) is 15.9. The van der Waals surface area contributed by atoms with Crippen LogP contribution >= 0.6 is 0 Å². The van der Waals surface area contributed by atoms with Crippen LogP contribution in [0.3, 0.4) is 0 Å². The van der Waals surface area contributed by atoms with Gasteiger partial charge in [-0.1, -0.05) is 47.0 Å². The lowest BCUT2D eigenvalue weighted by Gasteiger charge is -2.45. The zero-order chi connectivity index (χ0) is 16.1. The van der Waals surface area contributed by atoms with Crippen LogP contribution in [0.1, 0.15) is 99.8 Å². The van der Waals surface area contributed by atoms with Crippen LogP contribution in [-0.2, 0) is 0 Å². The average molecular weight is 296 g/mol. The second-order valence-electron chi connectivity index (χ2n) is 9.70. The van der Waals surface area contributed by atoms with E-state index in [0.29, 0.717) is 10.8 Å². The van der Waals surface area contributed by atoms with Gasteiger partial charge in [0.05, 0.1) is 0 Å². The molecule has 1 fully saturated rings. The number of hydrogen-bond acceptors (Lipinski definition) is 1. The Hall–Kier alpha value is -0.0400. The molecule has 1 aliphatic rings. The first-order valence-electron chi connectivity index (χ1n) is 9.33. The largest absolute Gasteiger partial charge is 0.312 e. The minimum absolute atomic E-state index is 0.249. The normalized spacial score (nSPS) is 27.9. The Balaban J connectivity index is 2.62. The molecule has 1 aliphatic carbocycles. The van der Waals surface area contributed by atoms with Crippen molar-refractivity contribution in [1.29, 1.82) is 0 Å². The molecule has 1 saturated carbocycles. The summed E-state index contributed by atoms with van der Waals surface area (Å²) in [6, 6.07) is 0. The molecule has 1 nitrogen and oxygen atoms in total. The molecule has 21 heavy (non-hydrogen) atoms. The van der Waals surface area contributed by atoms with Crippen molar-refractivity contribution in [1.82, 2.24) is 5.32 Å². The van der Waals surface area contributed by atoms with E-state index in [1.165, 1.54) is 57.9 Å². The molecule has 0 bridgehead atoms. The summed E-state index contributed by atoms with van der Waals surface area (Å²) in [7, 11) is 0. The second-order valence-corrected chi connectivity index (χ2v) is 9.70. The summed E-state index contributed by atoms with van der Waals surface area (Å²) in [5.41, 5.74) is 1.32. The molecule has 0 aromatic rings. The monoisotopic (exact) mass is 295 g/mol. The number of rotatable bonds is 6. The molecule has 0 atom stereocenters. The lowest BCUT2D eigenvalue weighted by molar-refractivity contribution is 0.0725. The van der Waals surface area contributed by atoms with Gasteiger partial charge in [0.2, 0.25) is 0 Å². The van der Waals surface area contributed by atoms with Crippen molar-refractivity contribution >= 4 is 0 Å². The summed E-state index contributed by atoms with van der Waals surface area (Å²) in [5, 5.41) is 3.81. The molecule has 0 radical (unpaired) electrons.